The minimum atomic E-state index is -3.56. The first-order valence-electron chi connectivity index (χ1n) is 13.6. The number of benzene rings is 2. The SMILES string of the molecule is CCN1CCc2c(sc(NC(=O)c3ccc(S(=O)(=O)N4CCCCCC4)cc3)c2-c2nc3ccccc3s2)C1.Cl. The van der Waals surface area contributed by atoms with Gasteiger partial charge in [0.1, 0.15) is 10.0 Å². The summed E-state index contributed by atoms with van der Waals surface area (Å²) in [6.45, 7) is 6.12. The van der Waals surface area contributed by atoms with E-state index in [1.807, 2.05) is 18.2 Å². The van der Waals surface area contributed by atoms with Crippen molar-refractivity contribution in [2.45, 2.75) is 50.5 Å². The maximum atomic E-state index is 13.4. The third-order valence-electron chi connectivity index (χ3n) is 7.64. The van der Waals surface area contributed by atoms with Gasteiger partial charge < -0.3 is 5.32 Å². The fourth-order valence-corrected chi connectivity index (χ4v) is 9.32. The minimum absolute atomic E-state index is 0. The smallest absolute Gasteiger partial charge is 0.256 e. The number of anilines is 1. The molecule has 1 saturated heterocycles. The molecule has 0 unspecified atom stereocenters. The van der Waals surface area contributed by atoms with Gasteiger partial charge in [-0.25, -0.2) is 13.4 Å². The van der Waals surface area contributed by atoms with Gasteiger partial charge >= 0.3 is 0 Å². The molecule has 0 aliphatic carbocycles. The second-order valence-corrected chi connectivity index (χ2v) is 14.2. The summed E-state index contributed by atoms with van der Waals surface area (Å²) < 4.78 is 29.0. The molecular formula is C29H33ClN4O3S3. The van der Waals surface area contributed by atoms with Crippen molar-refractivity contribution in [3.63, 3.8) is 0 Å². The Balaban J connectivity index is 0.00000323. The number of amides is 1. The number of fused-ring (bicyclic) bond motifs is 2. The minimum Gasteiger partial charge on any atom is -0.313 e. The number of nitrogens with zero attached hydrogens (tertiary/aromatic N) is 3. The van der Waals surface area contributed by atoms with Crippen LogP contribution in [0, 0.1) is 0 Å². The third-order valence-corrected chi connectivity index (χ3v) is 11.7. The summed E-state index contributed by atoms with van der Waals surface area (Å²) in [5.41, 5.74) is 3.70. The van der Waals surface area contributed by atoms with Gasteiger partial charge in [0.15, 0.2) is 0 Å². The Kier molecular flexibility index (Phi) is 8.94. The highest BCUT2D eigenvalue weighted by Crippen LogP contribution is 2.45. The van der Waals surface area contributed by atoms with Crippen LogP contribution in [0.5, 0.6) is 0 Å². The number of nitrogens with one attached hydrogen (secondary N) is 1. The lowest BCUT2D eigenvalue weighted by atomic mass is 10.0. The van der Waals surface area contributed by atoms with Crippen LogP contribution in [0.15, 0.2) is 53.4 Å². The van der Waals surface area contributed by atoms with Crippen molar-refractivity contribution < 1.29 is 13.2 Å². The molecule has 2 aliphatic heterocycles. The molecule has 1 amide bonds. The number of rotatable bonds is 6. The zero-order chi connectivity index (χ0) is 27.0. The van der Waals surface area contributed by atoms with E-state index < -0.39 is 10.0 Å². The first-order valence-corrected chi connectivity index (χ1v) is 16.7. The second-order valence-electron chi connectivity index (χ2n) is 10.1. The monoisotopic (exact) mass is 616 g/mol. The summed E-state index contributed by atoms with van der Waals surface area (Å²) >= 11 is 3.28. The van der Waals surface area contributed by atoms with E-state index in [0.717, 1.165) is 77.5 Å². The number of aromatic nitrogens is 1. The molecule has 6 rings (SSSR count). The Morgan fingerprint density at radius 3 is 2.40 bits per heavy atom. The lowest BCUT2D eigenvalue weighted by Crippen LogP contribution is -2.31. The van der Waals surface area contributed by atoms with Crippen LogP contribution in [-0.4, -0.2) is 54.7 Å². The van der Waals surface area contributed by atoms with Crippen LogP contribution in [0.2, 0.25) is 0 Å². The average Bonchev–Trinajstić information content (AvgIpc) is 3.41. The number of thiazole rings is 1. The molecule has 4 heterocycles. The molecule has 0 atom stereocenters. The van der Waals surface area contributed by atoms with Crippen molar-refractivity contribution in [1.82, 2.24) is 14.2 Å². The zero-order valence-electron chi connectivity index (χ0n) is 22.4. The normalized spacial score (nSPS) is 16.7. The van der Waals surface area contributed by atoms with Gasteiger partial charge in [-0.3, -0.25) is 9.69 Å². The molecule has 4 aromatic rings. The summed E-state index contributed by atoms with van der Waals surface area (Å²) in [5.74, 6) is -0.248. The second kappa shape index (κ2) is 12.3. The zero-order valence-corrected chi connectivity index (χ0v) is 25.7. The number of likely N-dealkylation sites (N-methyl/N-ethyl adjacent to an activating group) is 1. The van der Waals surface area contributed by atoms with Crippen molar-refractivity contribution >= 4 is 66.2 Å². The molecule has 1 N–H and O–H groups in total. The highest BCUT2D eigenvalue weighted by Gasteiger charge is 2.28. The number of para-hydroxylation sites is 1. The Bertz CT molecular complexity index is 1570. The van der Waals surface area contributed by atoms with Crippen LogP contribution >= 0.6 is 35.1 Å². The summed E-state index contributed by atoms with van der Waals surface area (Å²) in [4.78, 5) is 22.3. The van der Waals surface area contributed by atoms with Crippen molar-refractivity contribution in [3.05, 3.63) is 64.5 Å². The molecule has 2 aromatic carbocycles. The van der Waals surface area contributed by atoms with Crippen LogP contribution in [-0.2, 0) is 23.0 Å². The lowest BCUT2D eigenvalue weighted by Gasteiger charge is -2.25. The maximum Gasteiger partial charge on any atom is 0.256 e. The fraction of sp³-hybridized carbons (Fsp3) is 0.379. The van der Waals surface area contributed by atoms with E-state index in [-0.39, 0.29) is 23.2 Å². The molecule has 2 aliphatic rings. The van der Waals surface area contributed by atoms with Crippen LogP contribution in [0.3, 0.4) is 0 Å². The third kappa shape index (κ3) is 5.70. The summed E-state index contributed by atoms with van der Waals surface area (Å²) in [6, 6.07) is 14.5. The first kappa shape index (κ1) is 29.2. The summed E-state index contributed by atoms with van der Waals surface area (Å²) in [7, 11) is -3.56. The predicted octanol–water partition coefficient (Wildman–Crippen LogP) is 6.64. The number of hydrogen-bond acceptors (Lipinski definition) is 7. The fourth-order valence-electron chi connectivity index (χ4n) is 5.40. The van der Waals surface area contributed by atoms with Crippen molar-refractivity contribution in [1.29, 1.82) is 0 Å². The van der Waals surface area contributed by atoms with Gasteiger partial charge in [0.05, 0.1) is 15.1 Å². The van der Waals surface area contributed by atoms with Gasteiger partial charge in [-0.1, -0.05) is 31.9 Å². The standard InChI is InChI=1S/C29H32N4O3S3.ClH/c1-2-32-18-15-22-25(19-32)38-29(26(22)28-30-23-9-5-6-10-24(23)37-28)31-27(34)20-11-13-21(14-12-20)39(35,36)33-16-7-3-4-8-17-33;/h5-6,9-14H,2-4,7-8,15-19H2,1H3,(H,31,34);1H. The van der Waals surface area contributed by atoms with Crippen LogP contribution in [0.1, 0.15) is 53.4 Å². The Labute approximate surface area is 249 Å². The summed E-state index contributed by atoms with van der Waals surface area (Å²) in [6.07, 6.45) is 4.82. The average molecular weight is 617 g/mol. The molecule has 0 radical (unpaired) electrons. The highest BCUT2D eigenvalue weighted by molar-refractivity contribution is 7.89. The van der Waals surface area contributed by atoms with E-state index in [1.54, 1.807) is 51.2 Å². The Morgan fingerprint density at radius 1 is 0.975 bits per heavy atom. The van der Waals surface area contributed by atoms with Gasteiger partial charge in [0.2, 0.25) is 10.0 Å². The molecule has 2 aromatic heterocycles. The van der Waals surface area contributed by atoms with Gasteiger partial charge in [0.25, 0.3) is 5.91 Å². The molecule has 40 heavy (non-hydrogen) atoms. The topological polar surface area (TPSA) is 82.6 Å². The molecule has 7 nitrogen and oxygen atoms in total. The molecule has 0 spiro atoms. The quantitative estimate of drug-likeness (QED) is 0.263. The predicted molar refractivity (Wildman–Crippen MR) is 166 cm³/mol. The van der Waals surface area contributed by atoms with Crippen molar-refractivity contribution in [2.24, 2.45) is 0 Å². The maximum absolute atomic E-state index is 13.4. The van der Waals surface area contributed by atoms with Gasteiger partial charge in [0, 0.05) is 42.2 Å². The number of thiophene rings is 1. The van der Waals surface area contributed by atoms with E-state index in [4.69, 9.17) is 4.98 Å². The van der Waals surface area contributed by atoms with Gasteiger partial charge in [-0.05, 0) is 67.8 Å². The summed E-state index contributed by atoms with van der Waals surface area (Å²) in [5, 5.41) is 4.89. The molecular weight excluding hydrogens is 584 g/mol. The number of hydrogen-bond donors (Lipinski definition) is 1. The Hall–Kier alpha value is -2.34. The van der Waals surface area contributed by atoms with Crippen LogP contribution < -0.4 is 5.32 Å². The number of carbonyl (C=O) groups excluding carboxylic acids is 1. The van der Waals surface area contributed by atoms with Gasteiger partial charge in [-0.15, -0.1) is 35.1 Å². The molecule has 0 saturated carbocycles. The van der Waals surface area contributed by atoms with Crippen molar-refractivity contribution in [3.8, 4) is 10.6 Å². The van der Waals surface area contributed by atoms with E-state index in [9.17, 15) is 13.2 Å². The highest BCUT2D eigenvalue weighted by atomic mass is 35.5. The largest absolute Gasteiger partial charge is 0.313 e. The van der Waals surface area contributed by atoms with Crippen molar-refractivity contribution in [2.75, 3.05) is 31.5 Å². The van der Waals surface area contributed by atoms with Gasteiger partial charge in [-0.2, -0.15) is 4.31 Å². The first-order chi connectivity index (χ1) is 18.9. The van der Waals surface area contributed by atoms with Crippen LogP contribution in [0.25, 0.3) is 20.8 Å². The molecule has 212 valence electrons. The van der Waals surface area contributed by atoms with E-state index >= 15 is 0 Å². The van der Waals surface area contributed by atoms with E-state index in [1.165, 1.54) is 10.4 Å². The number of halogens is 1. The lowest BCUT2D eigenvalue weighted by molar-refractivity contribution is 0.102. The Morgan fingerprint density at radius 2 is 1.70 bits per heavy atom. The molecule has 0 bridgehead atoms. The van der Waals surface area contributed by atoms with E-state index in [0.29, 0.717) is 18.7 Å². The van der Waals surface area contributed by atoms with E-state index in [2.05, 4.69) is 23.2 Å². The van der Waals surface area contributed by atoms with Crippen LogP contribution in [0.4, 0.5) is 5.00 Å². The molecule has 1 fully saturated rings. The molecule has 11 heteroatoms. The number of carbonyl (C=O) groups is 1. The number of sulfonamides is 1.